The molecule has 174 valence electrons. The molecule has 0 atom stereocenters. The van der Waals surface area contributed by atoms with Crippen molar-refractivity contribution in [2.24, 2.45) is 5.92 Å². The van der Waals surface area contributed by atoms with E-state index < -0.39 is 0 Å². The molecule has 5 nitrogen and oxygen atoms in total. The van der Waals surface area contributed by atoms with Gasteiger partial charge in [-0.1, -0.05) is 63.9 Å². The van der Waals surface area contributed by atoms with Gasteiger partial charge in [-0.3, -0.25) is 4.79 Å². The molecule has 2 heterocycles. The predicted octanol–water partition coefficient (Wildman–Crippen LogP) is 5.76. The summed E-state index contributed by atoms with van der Waals surface area (Å²) >= 11 is 0. The Labute approximate surface area is 197 Å². The van der Waals surface area contributed by atoms with Crippen LogP contribution in [0.1, 0.15) is 58.4 Å². The normalized spacial score (nSPS) is 17.8. The largest absolute Gasteiger partial charge is 0.366 e. The van der Waals surface area contributed by atoms with E-state index in [4.69, 9.17) is 4.98 Å². The Hall–Kier alpha value is -2.82. The lowest BCUT2D eigenvalue weighted by molar-refractivity contribution is -0.132. The number of carbonyl (C=O) groups excluding carboxylic acids is 1. The molecule has 1 aliphatic heterocycles. The van der Waals surface area contributed by atoms with Gasteiger partial charge < -0.3 is 14.8 Å². The van der Waals surface area contributed by atoms with Crippen LogP contribution in [0.5, 0.6) is 0 Å². The molecule has 0 spiro atoms. The van der Waals surface area contributed by atoms with E-state index >= 15 is 0 Å². The zero-order valence-corrected chi connectivity index (χ0v) is 20.2. The third kappa shape index (κ3) is 4.64. The van der Waals surface area contributed by atoms with Crippen LogP contribution < -0.4 is 4.90 Å². The molecular weight excluding hydrogens is 408 g/mol. The first-order valence-corrected chi connectivity index (χ1v) is 12.5. The second-order valence-electron chi connectivity index (χ2n) is 10.8. The van der Waals surface area contributed by atoms with Crippen molar-refractivity contribution < 1.29 is 4.79 Å². The van der Waals surface area contributed by atoms with Crippen LogP contribution in [0.15, 0.2) is 42.5 Å². The lowest BCUT2D eigenvalue weighted by Crippen LogP contribution is -2.49. The smallest absolute Gasteiger partial charge is 0.222 e. The van der Waals surface area contributed by atoms with E-state index in [0.717, 1.165) is 60.7 Å². The number of para-hydroxylation sites is 1. The Bertz CT molecular complexity index is 1110. The highest BCUT2D eigenvalue weighted by Gasteiger charge is 2.26. The Kier molecular flexibility index (Phi) is 5.90. The van der Waals surface area contributed by atoms with Crippen LogP contribution in [-0.2, 0) is 10.2 Å². The lowest BCUT2D eigenvalue weighted by atomic mass is 9.87. The Morgan fingerprint density at radius 2 is 1.70 bits per heavy atom. The fraction of sp³-hybridized carbons (Fsp3) is 0.500. The number of aromatic amines is 1. The highest BCUT2D eigenvalue weighted by molar-refractivity contribution is 5.91. The maximum Gasteiger partial charge on any atom is 0.222 e. The molecule has 3 aromatic rings. The van der Waals surface area contributed by atoms with Gasteiger partial charge >= 0.3 is 0 Å². The summed E-state index contributed by atoms with van der Waals surface area (Å²) in [6.07, 6.45) is 5.79. The van der Waals surface area contributed by atoms with Crippen LogP contribution in [-0.4, -0.2) is 47.0 Å². The molecule has 2 aromatic carbocycles. The van der Waals surface area contributed by atoms with Crippen molar-refractivity contribution in [3.63, 3.8) is 0 Å². The van der Waals surface area contributed by atoms with Gasteiger partial charge in [-0.15, -0.1) is 0 Å². The number of imidazole rings is 1. The molecule has 2 aliphatic rings. The quantitative estimate of drug-likeness (QED) is 0.557. The van der Waals surface area contributed by atoms with Crippen molar-refractivity contribution in [1.82, 2.24) is 14.9 Å². The number of nitrogens with one attached hydrogen (secondary N) is 1. The second kappa shape index (κ2) is 8.85. The van der Waals surface area contributed by atoms with E-state index in [2.05, 4.69) is 78.0 Å². The van der Waals surface area contributed by atoms with Gasteiger partial charge in [0.15, 0.2) is 0 Å². The number of piperazine rings is 1. The monoisotopic (exact) mass is 444 g/mol. The lowest BCUT2D eigenvalue weighted by Gasteiger charge is -2.36. The number of fused-ring (bicyclic) bond motifs is 1. The second-order valence-corrected chi connectivity index (χ2v) is 10.8. The van der Waals surface area contributed by atoms with Gasteiger partial charge in [-0.2, -0.15) is 0 Å². The highest BCUT2D eigenvalue weighted by atomic mass is 16.2. The minimum Gasteiger partial charge on any atom is -0.366 e. The summed E-state index contributed by atoms with van der Waals surface area (Å²) in [5.74, 6) is 1.87. The molecule has 5 rings (SSSR count). The minimum atomic E-state index is 0.139. The summed E-state index contributed by atoms with van der Waals surface area (Å²) in [7, 11) is 0. The van der Waals surface area contributed by atoms with Crippen molar-refractivity contribution >= 4 is 22.6 Å². The van der Waals surface area contributed by atoms with Crippen LogP contribution >= 0.6 is 0 Å². The van der Waals surface area contributed by atoms with E-state index in [0.29, 0.717) is 11.8 Å². The van der Waals surface area contributed by atoms with E-state index in [1.807, 2.05) is 0 Å². The van der Waals surface area contributed by atoms with Gasteiger partial charge in [0, 0.05) is 38.2 Å². The van der Waals surface area contributed by atoms with Crippen LogP contribution in [0.4, 0.5) is 5.69 Å². The Morgan fingerprint density at radius 3 is 2.36 bits per heavy atom. The summed E-state index contributed by atoms with van der Waals surface area (Å²) in [6, 6.07) is 15.1. The number of anilines is 1. The Morgan fingerprint density at radius 1 is 1.00 bits per heavy atom. The molecule has 0 bridgehead atoms. The molecule has 1 saturated carbocycles. The third-order valence-corrected chi connectivity index (χ3v) is 7.43. The van der Waals surface area contributed by atoms with E-state index in [1.54, 1.807) is 0 Å². The number of hydrogen-bond acceptors (Lipinski definition) is 3. The number of amides is 1. The summed E-state index contributed by atoms with van der Waals surface area (Å²) < 4.78 is 0. The van der Waals surface area contributed by atoms with E-state index in [1.165, 1.54) is 31.2 Å². The van der Waals surface area contributed by atoms with Gasteiger partial charge in [0.25, 0.3) is 0 Å². The molecular formula is C28H36N4O. The molecule has 1 saturated heterocycles. The van der Waals surface area contributed by atoms with Crippen molar-refractivity contribution in [2.75, 3.05) is 31.1 Å². The first-order valence-electron chi connectivity index (χ1n) is 12.5. The summed E-state index contributed by atoms with van der Waals surface area (Å²) in [5.41, 5.74) is 5.79. The van der Waals surface area contributed by atoms with Gasteiger partial charge in [-0.25, -0.2) is 4.98 Å². The van der Waals surface area contributed by atoms with E-state index in [-0.39, 0.29) is 5.41 Å². The van der Waals surface area contributed by atoms with Crippen molar-refractivity contribution in [2.45, 2.75) is 58.3 Å². The molecule has 1 aliphatic carbocycles. The number of aromatic nitrogens is 2. The average Bonchev–Trinajstić information content (AvgIpc) is 3.48. The van der Waals surface area contributed by atoms with Gasteiger partial charge in [-0.05, 0) is 41.9 Å². The van der Waals surface area contributed by atoms with Gasteiger partial charge in [0.1, 0.15) is 11.3 Å². The molecule has 1 aromatic heterocycles. The number of H-pyrrole nitrogens is 1. The SMILES string of the molecule is CC(C)(C)c1ccc(-c2nc3c(N4CCN(C(=O)CC5CCCC5)CC4)cccc3[nH]2)cc1. The molecule has 1 amide bonds. The number of carbonyl (C=O) groups is 1. The standard InChI is InChI=1S/C28H36N4O/c1-28(2,3)22-13-11-21(12-14-22)27-29-23-9-6-10-24(26(23)30-27)31-15-17-32(18-16-31)25(33)19-20-7-4-5-8-20/h6,9-14,20H,4-5,7-8,15-19H2,1-3H3,(H,29,30). The molecule has 1 N–H and O–H groups in total. The number of hydrogen-bond donors (Lipinski definition) is 1. The minimum absolute atomic E-state index is 0.139. The van der Waals surface area contributed by atoms with Gasteiger partial charge in [0.2, 0.25) is 5.91 Å². The molecule has 0 radical (unpaired) electrons. The highest BCUT2D eigenvalue weighted by Crippen LogP contribution is 2.31. The zero-order chi connectivity index (χ0) is 23.0. The number of nitrogens with zero attached hydrogens (tertiary/aromatic N) is 3. The first kappa shape index (κ1) is 22.0. The van der Waals surface area contributed by atoms with Crippen LogP contribution in [0.3, 0.4) is 0 Å². The fourth-order valence-corrected chi connectivity index (χ4v) is 5.32. The maximum absolute atomic E-state index is 12.7. The van der Waals surface area contributed by atoms with Crippen molar-refractivity contribution in [3.8, 4) is 11.4 Å². The van der Waals surface area contributed by atoms with Crippen molar-refractivity contribution in [1.29, 1.82) is 0 Å². The predicted molar refractivity (Wildman–Crippen MR) is 136 cm³/mol. The number of benzene rings is 2. The molecule has 0 unspecified atom stereocenters. The molecule has 2 fully saturated rings. The maximum atomic E-state index is 12.7. The fourth-order valence-electron chi connectivity index (χ4n) is 5.32. The van der Waals surface area contributed by atoms with Crippen LogP contribution in [0.2, 0.25) is 0 Å². The van der Waals surface area contributed by atoms with E-state index in [9.17, 15) is 4.79 Å². The number of rotatable bonds is 4. The molecule has 5 heteroatoms. The summed E-state index contributed by atoms with van der Waals surface area (Å²) in [5, 5.41) is 0. The third-order valence-electron chi connectivity index (χ3n) is 7.43. The topological polar surface area (TPSA) is 52.2 Å². The van der Waals surface area contributed by atoms with Gasteiger partial charge in [0.05, 0.1) is 11.2 Å². The molecule has 33 heavy (non-hydrogen) atoms. The summed E-state index contributed by atoms with van der Waals surface area (Å²) in [6.45, 7) is 10.0. The first-order chi connectivity index (χ1) is 15.9. The van der Waals surface area contributed by atoms with Crippen LogP contribution in [0.25, 0.3) is 22.4 Å². The van der Waals surface area contributed by atoms with Crippen LogP contribution in [0, 0.1) is 5.92 Å². The average molecular weight is 445 g/mol. The Balaban J connectivity index is 1.30. The summed E-state index contributed by atoms with van der Waals surface area (Å²) in [4.78, 5) is 25.7. The zero-order valence-electron chi connectivity index (χ0n) is 20.2. The van der Waals surface area contributed by atoms with Crippen molar-refractivity contribution in [3.05, 3.63) is 48.0 Å².